The van der Waals surface area contributed by atoms with Gasteiger partial charge >= 0.3 is 0 Å². The summed E-state index contributed by atoms with van der Waals surface area (Å²) in [6.07, 6.45) is 1.20. The van der Waals surface area contributed by atoms with E-state index in [1.165, 1.54) is 17.6 Å². The van der Waals surface area contributed by atoms with Crippen LogP contribution in [0.15, 0.2) is 44.3 Å². The van der Waals surface area contributed by atoms with E-state index in [4.69, 9.17) is 4.42 Å². The summed E-state index contributed by atoms with van der Waals surface area (Å²) < 4.78 is 30.2. The summed E-state index contributed by atoms with van der Waals surface area (Å²) in [5.74, 6) is 0.200. The van der Waals surface area contributed by atoms with E-state index in [2.05, 4.69) is 25.8 Å². The molecule has 0 saturated carbocycles. The van der Waals surface area contributed by atoms with Crippen LogP contribution < -0.4 is 4.90 Å². The second-order valence-electron chi connectivity index (χ2n) is 6.28. The quantitative estimate of drug-likeness (QED) is 0.585. The lowest BCUT2D eigenvalue weighted by Crippen LogP contribution is -2.48. The SMILES string of the molecule is CS(=O)(=O)c1ccc2nc(N3CCN(C(=O)c4ccc(Br)o4)CC3)sc2c1. The molecule has 7 nitrogen and oxygen atoms in total. The van der Waals surface area contributed by atoms with Crippen molar-refractivity contribution in [1.82, 2.24) is 9.88 Å². The van der Waals surface area contributed by atoms with Crippen molar-refractivity contribution < 1.29 is 17.6 Å². The highest BCUT2D eigenvalue weighted by atomic mass is 79.9. The minimum absolute atomic E-state index is 0.123. The molecule has 2 aromatic heterocycles. The van der Waals surface area contributed by atoms with Gasteiger partial charge < -0.3 is 14.2 Å². The van der Waals surface area contributed by atoms with Crippen LogP contribution in [0.3, 0.4) is 0 Å². The van der Waals surface area contributed by atoms with Gasteiger partial charge in [-0.05, 0) is 46.3 Å². The number of anilines is 1. The van der Waals surface area contributed by atoms with Gasteiger partial charge in [0.2, 0.25) is 0 Å². The smallest absolute Gasteiger partial charge is 0.289 e. The third-order valence-electron chi connectivity index (χ3n) is 4.40. The third-order valence-corrected chi connectivity index (χ3v) is 7.01. The Balaban J connectivity index is 1.48. The molecule has 0 spiro atoms. The molecular weight excluding hydrogens is 454 g/mol. The molecular formula is C17H16BrN3O4S2. The van der Waals surface area contributed by atoms with Crippen LogP contribution in [0, 0.1) is 0 Å². The van der Waals surface area contributed by atoms with Crippen LogP contribution in [0.4, 0.5) is 5.13 Å². The predicted molar refractivity (Wildman–Crippen MR) is 107 cm³/mol. The van der Waals surface area contributed by atoms with Gasteiger partial charge in [0.1, 0.15) is 0 Å². The van der Waals surface area contributed by atoms with Crippen LogP contribution in [0.25, 0.3) is 10.2 Å². The lowest BCUT2D eigenvalue weighted by atomic mass is 10.3. The zero-order chi connectivity index (χ0) is 19.2. The number of halogens is 1. The molecule has 1 amide bonds. The summed E-state index contributed by atoms with van der Waals surface area (Å²) in [6.45, 7) is 2.46. The lowest BCUT2D eigenvalue weighted by Gasteiger charge is -2.34. The number of carbonyl (C=O) groups excluding carboxylic acids is 1. The summed E-state index contributed by atoms with van der Waals surface area (Å²) in [6, 6.07) is 8.35. The maximum absolute atomic E-state index is 12.5. The number of sulfone groups is 1. The summed E-state index contributed by atoms with van der Waals surface area (Å²) in [5, 5.41) is 0.837. The van der Waals surface area contributed by atoms with Crippen molar-refractivity contribution in [1.29, 1.82) is 0 Å². The normalized spacial score (nSPS) is 15.5. The molecule has 0 radical (unpaired) electrons. The number of amides is 1. The highest BCUT2D eigenvalue weighted by Crippen LogP contribution is 2.31. The molecule has 10 heteroatoms. The van der Waals surface area contributed by atoms with Crippen LogP contribution in [0.1, 0.15) is 10.6 Å². The zero-order valence-corrected chi connectivity index (χ0v) is 17.6. The summed E-state index contributed by atoms with van der Waals surface area (Å²) in [7, 11) is -3.24. The fourth-order valence-electron chi connectivity index (χ4n) is 2.94. The Kier molecular flexibility index (Phi) is 4.73. The standard InChI is InChI=1S/C17H16BrN3O4S2/c1-27(23,24)11-2-3-12-14(10-11)26-17(19-12)21-8-6-20(7-9-21)16(22)13-4-5-15(18)25-13/h2-5,10H,6-9H2,1H3. The molecule has 1 aromatic carbocycles. The van der Waals surface area contributed by atoms with Gasteiger partial charge in [0.05, 0.1) is 15.1 Å². The molecule has 3 aromatic rings. The first-order valence-corrected chi connectivity index (χ1v) is 11.7. The van der Waals surface area contributed by atoms with Gasteiger partial charge in [-0.2, -0.15) is 0 Å². The Bertz CT molecular complexity index is 1110. The minimum atomic E-state index is -3.24. The molecule has 3 heterocycles. The highest BCUT2D eigenvalue weighted by molar-refractivity contribution is 9.10. The van der Waals surface area contributed by atoms with E-state index in [1.54, 1.807) is 35.2 Å². The molecule has 0 N–H and O–H groups in total. The number of thiazole rings is 1. The molecule has 0 bridgehead atoms. The van der Waals surface area contributed by atoms with Gasteiger partial charge in [0.25, 0.3) is 5.91 Å². The van der Waals surface area contributed by atoms with Gasteiger partial charge in [0.15, 0.2) is 25.4 Å². The Morgan fingerprint density at radius 3 is 2.56 bits per heavy atom. The number of nitrogens with zero attached hydrogens (tertiary/aromatic N) is 3. The molecule has 4 rings (SSSR count). The van der Waals surface area contributed by atoms with Crippen molar-refractivity contribution >= 4 is 58.4 Å². The zero-order valence-electron chi connectivity index (χ0n) is 14.4. The van der Waals surface area contributed by atoms with E-state index < -0.39 is 9.84 Å². The first-order chi connectivity index (χ1) is 12.8. The van der Waals surface area contributed by atoms with Crippen LogP contribution >= 0.6 is 27.3 Å². The highest BCUT2D eigenvalue weighted by Gasteiger charge is 2.25. The lowest BCUT2D eigenvalue weighted by molar-refractivity contribution is 0.0713. The number of furan rings is 1. The molecule has 1 aliphatic rings. The maximum atomic E-state index is 12.5. The van der Waals surface area contributed by atoms with Crippen LogP contribution in [-0.4, -0.2) is 56.6 Å². The molecule has 0 atom stereocenters. The van der Waals surface area contributed by atoms with E-state index in [1.807, 2.05) is 0 Å². The van der Waals surface area contributed by atoms with Crippen molar-refractivity contribution in [3.05, 3.63) is 40.8 Å². The number of carbonyl (C=O) groups is 1. The Labute approximate surface area is 168 Å². The average molecular weight is 470 g/mol. The van der Waals surface area contributed by atoms with Gasteiger partial charge in [-0.1, -0.05) is 11.3 Å². The van der Waals surface area contributed by atoms with Crippen molar-refractivity contribution in [2.45, 2.75) is 4.90 Å². The number of fused-ring (bicyclic) bond motifs is 1. The number of hydrogen-bond acceptors (Lipinski definition) is 7. The molecule has 0 aliphatic carbocycles. The number of aromatic nitrogens is 1. The van der Waals surface area contributed by atoms with Crippen molar-refractivity contribution in [2.75, 3.05) is 37.3 Å². The predicted octanol–water partition coefficient (Wildman–Crippen LogP) is 3.02. The Morgan fingerprint density at radius 2 is 1.93 bits per heavy atom. The first-order valence-electron chi connectivity index (χ1n) is 8.21. The topological polar surface area (TPSA) is 83.7 Å². The second kappa shape index (κ2) is 6.92. The summed E-state index contributed by atoms with van der Waals surface area (Å²) >= 11 is 4.67. The number of benzene rings is 1. The molecule has 1 fully saturated rings. The molecule has 0 unspecified atom stereocenters. The number of hydrogen-bond donors (Lipinski definition) is 0. The van der Waals surface area contributed by atoms with Crippen molar-refractivity contribution in [3.63, 3.8) is 0 Å². The molecule has 1 aliphatic heterocycles. The van der Waals surface area contributed by atoms with E-state index >= 15 is 0 Å². The van der Waals surface area contributed by atoms with Crippen LogP contribution in [0.2, 0.25) is 0 Å². The fourth-order valence-corrected chi connectivity index (χ4v) is 5.03. The summed E-state index contributed by atoms with van der Waals surface area (Å²) in [5.41, 5.74) is 0.779. The maximum Gasteiger partial charge on any atom is 0.289 e. The van der Waals surface area contributed by atoms with Gasteiger partial charge in [0, 0.05) is 32.4 Å². The largest absolute Gasteiger partial charge is 0.444 e. The van der Waals surface area contributed by atoms with Crippen LogP contribution in [-0.2, 0) is 9.84 Å². The number of piperazine rings is 1. The molecule has 142 valence electrons. The van der Waals surface area contributed by atoms with E-state index in [0.29, 0.717) is 41.5 Å². The Morgan fingerprint density at radius 1 is 1.19 bits per heavy atom. The Hall–Kier alpha value is -1.91. The van der Waals surface area contributed by atoms with E-state index in [-0.39, 0.29) is 5.91 Å². The van der Waals surface area contributed by atoms with Gasteiger partial charge in [-0.3, -0.25) is 4.79 Å². The molecule has 27 heavy (non-hydrogen) atoms. The molecule has 1 saturated heterocycles. The first kappa shape index (κ1) is 18.5. The summed E-state index contributed by atoms with van der Waals surface area (Å²) in [4.78, 5) is 21.2. The van der Waals surface area contributed by atoms with Gasteiger partial charge in [-0.25, -0.2) is 13.4 Å². The van der Waals surface area contributed by atoms with Crippen molar-refractivity contribution in [3.8, 4) is 0 Å². The average Bonchev–Trinajstić information content (AvgIpc) is 3.26. The van der Waals surface area contributed by atoms with Crippen molar-refractivity contribution in [2.24, 2.45) is 0 Å². The van der Waals surface area contributed by atoms with E-state index in [0.717, 1.165) is 15.3 Å². The van der Waals surface area contributed by atoms with Gasteiger partial charge in [-0.15, -0.1) is 0 Å². The minimum Gasteiger partial charge on any atom is -0.444 e. The second-order valence-corrected chi connectivity index (χ2v) is 10.1. The third kappa shape index (κ3) is 3.74. The monoisotopic (exact) mass is 469 g/mol. The van der Waals surface area contributed by atoms with E-state index in [9.17, 15) is 13.2 Å². The fraction of sp³-hybridized carbons (Fsp3) is 0.294. The number of rotatable bonds is 3. The van der Waals surface area contributed by atoms with Crippen LogP contribution in [0.5, 0.6) is 0 Å².